The van der Waals surface area contributed by atoms with Gasteiger partial charge >= 0.3 is 6.18 Å². The van der Waals surface area contributed by atoms with Gasteiger partial charge in [-0.1, -0.05) is 29.8 Å². The van der Waals surface area contributed by atoms with Crippen LogP contribution in [0.5, 0.6) is 0 Å². The molecule has 4 heteroatoms. The molecule has 0 N–H and O–H groups in total. The van der Waals surface area contributed by atoms with Crippen molar-refractivity contribution in [3.05, 3.63) is 35.4 Å². The maximum Gasteiger partial charge on any atom is 0.390 e. The van der Waals surface area contributed by atoms with Crippen molar-refractivity contribution in [1.29, 1.82) is 0 Å². The smallest absolute Gasteiger partial charge is 0.299 e. The number of carbonyl (C=O) groups excluding carboxylic acids is 1. The molecule has 1 fully saturated rings. The molecule has 0 spiro atoms. The topological polar surface area (TPSA) is 17.1 Å². The summed E-state index contributed by atoms with van der Waals surface area (Å²) in [6.07, 6.45) is -4.26. The maximum atomic E-state index is 12.8. The predicted molar refractivity (Wildman–Crippen MR) is 62.4 cm³/mol. The van der Waals surface area contributed by atoms with Crippen LogP contribution in [0.1, 0.15) is 36.8 Å². The van der Waals surface area contributed by atoms with E-state index in [1.165, 1.54) is 0 Å². The van der Waals surface area contributed by atoms with Gasteiger partial charge in [0.05, 0.1) is 11.8 Å². The molecule has 0 aliphatic heterocycles. The molecular formula is C14H15F3O. The average molecular weight is 256 g/mol. The van der Waals surface area contributed by atoms with Gasteiger partial charge in [0, 0.05) is 6.42 Å². The van der Waals surface area contributed by atoms with E-state index < -0.39 is 18.0 Å². The fourth-order valence-electron chi connectivity index (χ4n) is 2.81. The molecule has 1 atom stereocenters. The van der Waals surface area contributed by atoms with Crippen LogP contribution in [0, 0.1) is 6.92 Å². The number of aryl methyl sites for hydroxylation is 1. The summed E-state index contributed by atoms with van der Waals surface area (Å²) in [4.78, 5) is 12.0. The van der Waals surface area contributed by atoms with E-state index in [1.807, 2.05) is 13.0 Å². The first-order valence-corrected chi connectivity index (χ1v) is 6.01. The Balaban J connectivity index is 2.46. The molecule has 1 saturated carbocycles. The summed E-state index contributed by atoms with van der Waals surface area (Å²) in [6, 6.07) is 6.88. The minimum absolute atomic E-state index is 0.254. The zero-order valence-corrected chi connectivity index (χ0v) is 10.2. The van der Waals surface area contributed by atoms with Crippen molar-refractivity contribution in [2.24, 2.45) is 0 Å². The third-order valence-corrected chi connectivity index (χ3v) is 3.61. The minimum Gasteiger partial charge on any atom is -0.299 e. The Kier molecular flexibility index (Phi) is 3.21. The standard InChI is InChI=1S/C14H15F3O/c1-10-4-2-5-11(8-10)13(9-14(15,16)17)7-3-6-12(13)18/h2,4-5,8H,3,6-7,9H2,1H3. The highest BCUT2D eigenvalue weighted by Gasteiger charge is 2.50. The van der Waals surface area contributed by atoms with E-state index in [2.05, 4.69) is 0 Å². The molecule has 0 radical (unpaired) electrons. The lowest BCUT2D eigenvalue weighted by Crippen LogP contribution is -2.36. The lowest BCUT2D eigenvalue weighted by molar-refractivity contribution is -0.155. The maximum absolute atomic E-state index is 12.8. The Morgan fingerprint density at radius 3 is 2.56 bits per heavy atom. The molecule has 1 aromatic rings. The highest BCUT2D eigenvalue weighted by atomic mass is 19.4. The van der Waals surface area contributed by atoms with E-state index in [1.54, 1.807) is 18.2 Å². The van der Waals surface area contributed by atoms with Crippen LogP contribution in [0.15, 0.2) is 24.3 Å². The normalized spacial score (nSPS) is 24.6. The SMILES string of the molecule is Cc1cccc(C2(CC(F)(F)F)CCCC2=O)c1. The lowest BCUT2D eigenvalue weighted by Gasteiger charge is -2.29. The van der Waals surface area contributed by atoms with E-state index in [9.17, 15) is 18.0 Å². The van der Waals surface area contributed by atoms with Crippen LogP contribution in [0.4, 0.5) is 13.2 Å². The van der Waals surface area contributed by atoms with Gasteiger partial charge in [0.1, 0.15) is 5.78 Å². The van der Waals surface area contributed by atoms with Gasteiger partial charge in [0.2, 0.25) is 0 Å². The monoisotopic (exact) mass is 256 g/mol. The molecule has 1 aromatic carbocycles. The summed E-state index contributed by atoms with van der Waals surface area (Å²) in [5.74, 6) is -0.273. The number of alkyl halides is 3. The molecule has 1 unspecified atom stereocenters. The van der Waals surface area contributed by atoms with Gasteiger partial charge in [0.25, 0.3) is 0 Å². The number of Topliss-reactive ketones (excluding diaryl/α,β-unsaturated/α-hetero) is 1. The van der Waals surface area contributed by atoms with Gasteiger partial charge in [-0.25, -0.2) is 0 Å². The lowest BCUT2D eigenvalue weighted by atomic mass is 9.75. The molecule has 2 rings (SSSR count). The van der Waals surface area contributed by atoms with Crippen molar-refractivity contribution in [2.45, 2.75) is 44.2 Å². The number of hydrogen-bond acceptors (Lipinski definition) is 1. The molecule has 18 heavy (non-hydrogen) atoms. The second kappa shape index (κ2) is 4.41. The Morgan fingerprint density at radius 1 is 1.33 bits per heavy atom. The fraction of sp³-hybridized carbons (Fsp3) is 0.500. The molecule has 1 aliphatic carbocycles. The van der Waals surface area contributed by atoms with Crippen LogP contribution in [0.25, 0.3) is 0 Å². The van der Waals surface area contributed by atoms with Gasteiger partial charge < -0.3 is 0 Å². The van der Waals surface area contributed by atoms with E-state index in [4.69, 9.17) is 0 Å². The molecule has 0 amide bonds. The van der Waals surface area contributed by atoms with Crippen molar-refractivity contribution in [3.63, 3.8) is 0 Å². The Morgan fingerprint density at radius 2 is 2.06 bits per heavy atom. The number of halogens is 3. The van der Waals surface area contributed by atoms with Crippen molar-refractivity contribution in [1.82, 2.24) is 0 Å². The minimum atomic E-state index is -4.32. The zero-order valence-electron chi connectivity index (χ0n) is 10.2. The Bertz CT molecular complexity index is 464. The third-order valence-electron chi connectivity index (χ3n) is 3.61. The first-order valence-electron chi connectivity index (χ1n) is 6.01. The van der Waals surface area contributed by atoms with Crippen LogP contribution in [0.2, 0.25) is 0 Å². The van der Waals surface area contributed by atoms with E-state index >= 15 is 0 Å². The third kappa shape index (κ3) is 2.42. The average Bonchev–Trinajstić information content (AvgIpc) is 2.59. The predicted octanol–water partition coefficient (Wildman–Crippen LogP) is 3.94. The van der Waals surface area contributed by atoms with Crippen LogP contribution >= 0.6 is 0 Å². The molecule has 98 valence electrons. The first-order chi connectivity index (χ1) is 8.33. The number of ketones is 1. The van der Waals surface area contributed by atoms with Crippen molar-refractivity contribution < 1.29 is 18.0 Å². The molecule has 0 bridgehead atoms. The van der Waals surface area contributed by atoms with Gasteiger partial charge in [-0.15, -0.1) is 0 Å². The summed E-state index contributed by atoms with van der Waals surface area (Å²) in [7, 11) is 0. The largest absolute Gasteiger partial charge is 0.390 e. The zero-order chi connectivity index (χ0) is 13.4. The van der Waals surface area contributed by atoms with Crippen LogP contribution in [0.3, 0.4) is 0 Å². The van der Waals surface area contributed by atoms with Gasteiger partial charge in [-0.2, -0.15) is 13.2 Å². The molecule has 1 nitrogen and oxygen atoms in total. The van der Waals surface area contributed by atoms with E-state index in [0.29, 0.717) is 18.4 Å². The molecule has 0 saturated heterocycles. The van der Waals surface area contributed by atoms with Crippen molar-refractivity contribution in [2.75, 3.05) is 0 Å². The van der Waals surface area contributed by atoms with E-state index in [-0.39, 0.29) is 12.2 Å². The first kappa shape index (κ1) is 13.1. The second-order valence-electron chi connectivity index (χ2n) is 5.02. The molecule has 0 heterocycles. The number of benzene rings is 1. The quantitative estimate of drug-likeness (QED) is 0.783. The van der Waals surface area contributed by atoms with Crippen LogP contribution in [-0.2, 0) is 10.2 Å². The number of rotatable bonds is 2. The summed E-state index contributed by atoms with van der Waals surface area (Å²) in [5, 5.41) is 0. The Hall–Kier alpha value is -1.32. The van der Waals surface area contributed by atoms with Crippen LogP contribution in [-0.4, -0.2) is 12.0 Å². The highest BCUT2D eigenvalue weighted by molar-refractivity contribution is 5.92. The van der Waals surface area contributed by atoms with Gasteiger partial charge in [0.15, 0.2) is 0 Å². The number of carbonyl (C=O) groups is 1. The summed E-state index contributed by atoms with van der Waals surface area (Å²) in [5.41, 5.74) is 0.0562. The number of hydrogen-bond donors (Lipinski definition) is 0. The molecular weight excluding hydrogens is 241 g/mol. The summed E-state index contributed by atoms with van der Waals surface area (Å²) in [6.45, 7) is 1.82. The van der Waals surface area contributed by atoms with E-state index in [0.717, 1.165) is 5.56 Å². The highest BCUT2D eigenvalue weighted by Crippen LogP contribution is 2.45. The molecule has 1 aliphatic rings. The van der Waals surface area contributed by atoms with Crippen molar-refractivity contribution in [3.8, 4) is 0 Å². The second-order valence-corrected chi connectivity index (χ2v) is 5.02. The van der Waals surface area contributed by atoms with Gasteiger partial charge in [-0.3, -0.25) is 4.79 Å². The molecule has 0 aromatic heterocycles. The fourth-order valence-corrected chi connectivity index (χ4v) is 2.81. The van der Waals surface area contributed by atoms with Crippen LogP contribution < -0.4 is 0 Å². The Labute approximate surface area is 104 Å². The van der Waals surface area contributed by atoms with Gasteiger partial charge in [-0.05, 0) is 25.3 Å². The summed E-state index contributed by atoms with van der Waals surface area (Å²) >= 11 is 0. The van der Waals surface area contributed by atoms with Crippen molar-refractivity contribution >= 4 is 5.78 Å². The summed E-state index contributed by atoms with van der Waals surface area (Å²) < 4.78 is 38.3.